The van der Waals surface area contributed by atoms with Crippen LogP contribution < -0.4 is 4.74 Å². The van der Waals surface area contributed by atoms with Crippen molar-refractivity contribution in [3.8, 4) is 5.75 Å². The average Bonchev–Trinajstić information content (AvgIpc) is 2.64. The minimum absolute atomic E-state index is 0.0285. The monoisotopic (exact) mass is 400 g/mol. The Bertz CT molecular complexity index is 847. The SMILES string of the molecule is CO/C=C(\C(=O)OC)c1ccccc1COc1ccc(C(F)(F)F)cc1Cl. The van der Waals surface area contributed by atoms with Crippen LogP contribution in [0.15, 0.2) is 48.7 Å². The molecule has 0 spiro atoms. The lowest BCUT2D eigenvalue weighted by molar-refractivity contribution is -0.137. The average molecular weight is 401 g/mol. The fourth-order valence-corrected chi connectivity index (χ4v) is 2.54. The second-order valence-corrected chi connectivity index (χ2v) is 5.75. The summed E-state index contributed by atoms with van der Waals surface area (Å²) in [6.45, 7) is -0.0285. The van der Waals surface area contributed by atoms with Crippen LogP contribution in [0, 0.1) is 0 Å². The summed E-state index contributed by atoms with van der Waals surface area (Å²) >= 11 is 5.90. The van der Waals surface area contributed by atoms with E-state index in [0.29, 0.717) is 11.1 Å². The summed E-state index contributed by atoms with van der Waals surface area (Å²) in [5.74, 6) is -0.508. The number of esters is 1. The van der Waals surface area contributed by atoms with Crippen molar-refractivity contribution >= 4 is 23.1 Å². The van der Waals surface area contributed by atoms with Gasteiger partial charge in [-0.15, -0.1) is 0 Å². The normalized spacial score (nSPS) is 11.9. The van der Waals surface area contributed by atoms with Crippen LogP contribution in [0.1, 0.15) is 16.7 Å². The molecule has 0 aromatic heterocycles. The van der Waals surface area contributed by atoms with E-state index in [4.69, 9.17) is 25.8 Å². The van der Waals surface area contributed by atoms with Gasteiger partial charge in [0.15, 0.2) is 0 Å². The standard InChI is InChI=1S/C19H16ClF3O4/c1-25-11-15(18(24)26-2)14-6-4-3-5-12(14)10-27-17-8-7-13(9-16(17)20)19(21,22)23/h3-9,11H,10H2,1-2H3/b15-11-. The summed E-state index contributed by atoms with van der Waals surface area (Å²) in [5, 5.41) is -0.164. The number of ether oxygens (including phenoxy) is 3. The van der Waals surface area contributed by atoms with E-state index in [1.54, 1.807) is 24.3 Å². The van der Waals surface area contributed by atoms with Crippen LogP contribution >= 0.6 is 11.6 Å². The first-order valence-corrected chi connectivity index (χ1v) is 8.04. The molecule has 0 heterocycles. The fourth-order valence-electron chi connectivity index (χ4n) is 2.31. The van der Waals surface area contributed by atoms with Gasteiger partial charge in [-0.2, -0.15) is 13.2 Å². The molecule has 0 fully saturated rings. The predicted octanol–water partition coefficient (Wildman–Crippen LogP) is 5.10. The summed E-state index contributed by atoms with van der Waals surface area (Å²) in [6.07, 6.45) is -3.25. The largest absolute Gasteiger partial charge is 0.503 e. The minimum Gasteiger partial charge on any atom is -0.503 e. The molecule has 0 aliphatic carbocycles. The van der Waals surface area contributed by atoms with Gasteiger partial charge in [0.05, 0.1) is 31.1 Å². The molecule has 2 aromatic carbocycles. The molecule has 0 radical (unpaired) electrons. The van der Waals surface area contributed by atoms with Crippen molar-refractivity contribution in [2.24, 2.45) is 0 Å². The van der Waals surface area contributed by atoms with Crippen molar-refractivity contribution in [1.29, 1.82) is 0 Å². The number of rotatable bonds is 6. The van der Waals surface area contributed by atoms with Crippen molar-refractivity contribution in [3.05, 3.63) is 70.4 Å². The Morgan fingerprint density at radius 3 is 2.44 bits per heavy atom. The van der Waals surface area contributed by atoms with Crippen LogP contribution in [0.5, 0.6) is 5.75 Å². The van der Waals surface area contributed by atoms with Crippen LogP contribution in [0.4, 0.5) is 13.2 Å². The van der Waals surface area contributed by atoms with E-state index in [0.717, 1.165) is 18.2 Å². The quantitative estimate of drug-likeness (QED) is 0.384. The third kappa shape index (κ3) is 5.17. The number of alkyl halides is 3. The van der Waals surface area contributed by atoms with Gasteiger partial charge >= 0.3 is 12.1 Å². The molecule has 4 nitrogen and oxygen atoms in total. The molecular weight excluding hydrogens is 385 g/mol. The number of carbonyl (C=O) groups excluding carboxylic acids is 1. The van der Waals surface area contributed by atoms with E-state index in [1.807, 2.05) is 0 Å². The second kappa shape index (κ2) is 8.81. The molecule has 0 aliphatic rings. The predicted molar refractivity (Wildman–Crippen MR) is 94.2 cm³/mol. The van der Waals surface area contributed by atoms with Gasteiger partial charge in [-0.3, -0.25) is 0 Å². The first-order chi connectivity index (χ1) is 12.8. The summed E-state index contributed by atoms with van der Waals surface area (Å²) < 4.78 is 53.4. The van der Waals surface area contributed by atoms with Gasteiger partial charge in [0.2, 0.25) is 0 Å². The maximum atomic E-state index is 12.7. The Morgan fingerprint density at radius 2 is 1.85 bits per heavy atom. The molecule has 0 amide bonds. The number of hydrogen-bond donors (Lipinski definition) is 0. The van der Waals surface area contributed by atoms with Gasteiger partial charge in [0.1, 0.15) is 17.9 Å². The van der Waals surface area contributed by atoms with Crippen LogP contribution in [0.25, 0.3) is 5.57 Å². The highest BCUT2D eigenvalue weighted by Gasteiger charge is 2.31. The highest BCUT2D eigenvalue weighted by Crippen LogP contribution is 2.35. The fraction of sp³-hybridized carbons (Fsp3) is 0.211. The molecule has 144 valence electrons. The maximum Gasteiger partial charge on any atom is 0.416 e. The van der Waals surface area contributed by atoms with Crippen molar-refractivity contribution in [2.45, 2.75) is 12.8 Å². The molecule has 0 atom stereocenters. The molecule has 0 saturated carbocycles. The Balaban J connectivity index is 2.27. The Morgan fingerprint density at radius 1 is 1.15 bits per heavy atom. The number of halogens is 4. The van der Waals surface area contributed by atoms with Crippen LogP contribution in [0.3, 0.4) is 0 Å². The Hall–Kier alpha value is -2.67. The second-order valence-electron chi connectivity index (χ2n) is 5.35. The zero-order chi connectivity index (χ0) is 20.0. The Labute approximate surface area is 159 Å². The van der Waals surface area contributed by atoms with Gasteiger partial charge in [0, 0.05) is 0 Å². The van der Waals surface area contributed by atoms with Crippen LogP contribution in [-0.2, 0) is 27.1 Å². The van der Waals surface area contributed by atoms with E-state index >= 15 is 0 Å². The third-order valence-electron chi connectivity index (χ3n) is 3.59. The molecule has 0 saturated heterocycles. The van der Waals surface area contributed by atoms with Gasteiger partial charge in [-0.1, -0.05) is 35.9 Å². The number of benzene rings is 2. The van der Waals surface area contributed by atoms with Gasteiger partial charge in [-0.25, -0.2) is 4.79 Å². The van der Waals surface area contributed by atoms with Crippen LogP contribution in [-0.4, -0.2) is 20.2 Å². The lowest BCUT2D eigenvalue weighted by Crippen LogP contribution is -2.08. The molecule has 0 N–H and O–H groups in total. The first kappa shape index (κ1) is 20.6. The lowest BCUT2D eigenvalue weighted by atomic mass is 10.0. The van der Waals surface area contributed by atoms with Crippen LogP contribution in [0.2, 0.25) is 5.02 Å². The van der Waals surface area contributed by atoms with E-state index < -0.39 is 17.7 Å². The molecular formula is C19H16ClF3O4. The number of carbonyl (C=O) groups is 1. The van der Waals surface area contributed by atoms with Crippen molar-refractivity contribution < 1.29 is 32.2 Å². The van der Waals surface area contributed by atoms with Crippen molar-refractivity contribution in [2.75, 3.05) is 14.2 Å². The van der Waals surface area contributed by atoms with E-state index in [9.17, 15) is 18.0 Å². The summed E-state index contributed by atoms with van der Waals surface area (Å²) in [4.78, 5) is 12.0. The number of methoxy groups -OCH3 is 2. The summed E-state index contributed by atoms with van der Waals surface area (Å²) in [6, 6.07) is 9.68. The van der Waals surface area contributed by atoms with E-state index in [2.05, 4.69) is 0 Å². The minimum atomic E-state index is -4.49. The molecule has 2 rings (SSSR count). The molecule has 27 heavy (non-hydrogen) atoms. The van der Waals surface area contributed by atoms with Gasteiger partial charge in [0.25, 0.3) is 0 Å². The van der Waals surface area contributed by atoms with Gasteiger partial charge < -0.3 is 14.2 Å². The van der Waals surface area contributed by atoms with Crippen molar-refractivity contribution in [3.63, 3.8) is 0 Å². The summed E-state index contributed by atoms with van der Waals surface area (Å²) in [7, 11) is 2.64. The smallest absolute Gasteiger partial charge is 0.416 e. The third-order valence-corrected chi connectivity index (χ3v) is 3.89. The summed E-state index contributed by atoms with van der Waals surface area (Å²) in [5.41, 5.74) is 0.422. The topological polar surface area (TPSA) is 44.8 Å². The van der Waals surface area contributed by atoms with E-state index in [1.165, 1.54) is 20.5 Å². The highest BCUT2D eigenvalue weighted by atomic mass is 35.5. The Kier molecular flexibility index (Phi) is 6.74. The van der Waals surface area contributed by atoms with Gasteiger partial charge in [-0.05, 0) is 29.3 Å². The van der Waals surface area contributed by atoms with E-state index in [-0.39, 0.29) is 23.0 Å². The highest BCUT2D eigenvalue weighted by molar-refractivity contribution is 6.32. The number of hydrogen-bond acceptors (Lipinski definition) is 4. The zero-order valence-corrected chi connectivity index (χ0v) is 15.2. The zero-order valence-electron chi connectivity index (χ0n) is 14.5. The lowest BCUT2D eigenvalue weighted by Gasteiger charge is -2.14. The molecule has 0 aliphatic heterocycles. The molecule has 0 unspecified atom stereocenters. The molecule has 2 aromatic rings. The molecule has 8 heteroatoms. The molecule has 0 bridgehead atoms. The maximum absolute atomic E-state index is 12.7. The first-order valence-electron chi connectivity index (χ1n) is 7.67. The van der Waals surface area contributed by atoms with Crippen molar-refractivity contribution in [1.82, 2.24) is 0 Å².